The van der Waals surface area contributed by atoms with Crippen LogP contribution in [0.1, 0.15) is 18.4 Å². The number of ether oxygens (including phenoxy) is 1. The molecule has 1 aliphatic rings. The van der Waals surface area contributed by atoms with Crippen LogP contribution in [-0.4, -0.2) is 59.8 Å². The van der Waals surface area contributed by atoms with Crippen LogP contribution in [0.5, 0.6) is 0 Å². The smallest absolute Gasteiger partial charge is 0.183 e. The van der Waals surface area contributed by atoms with Crippen molar-refractivity contribution in [2.45, 2.75) is 36.9 Å². The largest absolute Gasteiger partial charge is 0.394 e. The molecule has 1 aliphatic heterocycles. The minimum atomic E-state index is -1.57. The van der Waals surface area contributed by atoms with Gasteiger partial charge in [-0.05, 0) is 17.7 Å². The number of anilines is 1. The fraction of sp³-hybridized carbons (Fsp3) is 0.389. The number of halogens is 1. The molecule has 3 aromatic rings. The van der Waals surface area contributed by atoms with Crippen LogP contribution in [0.25, 0.3) is 11.2 Å². The van der Waals surface area contributed by atoms with Gasteiger partial charge in [0, 0.05) is 5.92 Å². The Labute approximate surface area is 159 Å². The molecule has 0 aliphatic carbocycles. The molecule has 28 heavy (non-hydrogen) atoms. The zero-order valence-electron chi connectivity index (χ0n) is 15.0. The zero-order chi connectivity index (χ0) is 20.1. The number of aliphatic hydroxyl groups is 3. The Bertz CT molecular complexity index is 997. The number of aliphatic hydroxyl groups excluding tert-OH is 3. The summed E-state index contributed by atoms with van der Waals surface area (Å²) in [6.07, 6.45) is -1.17. The molecule has 4 rings (SSSR count). The number of fused-ring (bicyclic) bond motifs is 1. The van der Waals surface area contributed by atoms with Crippen LogP contribution in [0.3, 0.4) is 0 Å². The van der Waals surface area contributed by atoms with E-state index in [1.165, 1.54) is 29.4 Å². The summed E-state index contributed by atoms with van der Waals surface area (Å²) >= 11 is 0. The fourth-order valence-electron chi connectivity index (χ4n) is 3.84. The van der Waals surface area contributed by atoms with Crippen molar-refractivity contribution in [2.24, 2.45) is 0 Å². The normalized spacial score (nSPS) is 28.7. The average molecular weight is 389 g/mol. The van der Waals surface area contributed by atoms with Crippen LogP contribution < -0.4 is 5.73 Å². The van der Waals surface area contributed by atoms with Crippen LogP contribution in [-0.2, 0) is 10.5 Å². The van der Waals surface area contributed by atoms with E-state index in [2.05, 4.69) is 15.0 Å². The van der Waals surface area contributed by atoms with E-state index in [1.807, 2.05) is 0 Å². The van der Waals surface area contributed by atoms with Gasteiger partial charge >= 0.3 is 0 Å². The Hall–Kier alpha value is -2.66. The van der Waals surface area contributed by atoms with Gasteiger partial charge in [-0.25, -0.2) is 19.3 Å². The van der Waals surface area contributed by atoms with Gasteiger partial charge in [-0.2, -0.15) is 0 Å². The number of nitrogens with zero attached hydrogens (tertiary/aromatic N) is 4. The highest BCUT2D eigenvalue weighted by Gasteiger charge is 2.59. The van der Waals surface area contributed by atoms with E-state index in [-0.39, 0.29) is 5.82 Å². The highest BCUT2D eigenvalue weighted by atomic mass is 19.1. The molecule has 0 unspecified atom stereocenters. The van der Waals surface area contributed by atoms with Gasteiger partial charge in [0.05, 0.1) is 12.9 Å². The van der Waals surface area contributed by atoms with E-state index < -0.39 is 42.4 Å². The molecule has 148 valence electrons. The Balaban J connectivity index is 1.94. The second kappa shape index (κ2) is 6.74. The molecule has 0 amide bonds. The monoisotopic (exact) mass is 389 g/mol. The fourth-order valence-corrected chi connectivity index (χ4v) is 3.84. The number of rotatable bonds is 4. The number of hydrogen-bond donors (Lipinski definition) is 4. The van der Waals surface area contributed by atoms with Crippen molar-refractivity contribution < 1.29 is 24.4 Å². The molecule has 0 bridgehead atoms. The second-order valence-corrected chi connectivity index (χ2v) is 6.85. The standard InChI is InChI=1S/C18H20FN5O4/c1-9(10-2-4-11(19)5-3-10)18(15(27)14(26)12(6-25)28-18)24-8-23-13-16(20)21-7-22-17(13)24/h2-5,7-9,12,14-15,25-27H,6H2,1H3,(H2,20,21,22)/t9-,12+,14+,15+,18+/m0/s1. The summed E-state index contributed by atoms with van der Waals surface area (Å²) < 4.78 is 20.9. The van der Waals surface area contributed by atoms with E-state index >= 15 is 0 Å². The van der Waals surface area contributed by atoms with E-state index in [1.54, 1.807) is 19.1 Å². The van der Waals surface area contributed by atoms with E-state index in [0.29, 0.717) is 16.7 Å². The first-order chi connectivity index (χ1) is 13.4. The van der Waals surface area contributed by atoms with Crippen molar-refractivity contribution in [3.63, 3.8) is 0 Å². The topological polar surface area (TPSA) is 140 Å². The van der Waals surface area contributed by atoms with Gasteiger partial charge < -0.3 is 25.8 Å². The lowest BCUT2D eigenvalue weighted by Gasteiger charge is -2.39. The first-order valence-electron chi connectivity index (χ1n) is 8.74. The number of nitrogens with two attached hydrogens (primary N) is 1. The maximum atomic E-state index is 13.4. The number of imidazole rings is 1. The van der Waals surface area contributed by atoms with Crippen LogP contribution in [0.4, 0.5) is 10.2 Å². The van der Waals surface area contributed by atoms with Gasteiger partial charge in [0.25, 0.3) is 0 Å². The predicted octanol–water partition coefficient (Wildman–Crippen LogP) is 0.117. The molecule has 5 N–H and O–H groups in total. The third-order valence-electron chi connectivity index (χ3n) is 5.38. The highest BCUT2D eigenvalue weighted by Crippen LogP contribution is 2.47. The first kappa shape index (κ1) is 18.7. The number of nitrogen functional groups attached to an aromatic ring is 1. The van der Waals surface area contributed by atoms with Gasteiger partial charge in [-0.3, -0.25) is 4.57 Å². The molecule has 1 saturated heterocycles. The van der Waals surface area contributed by atoms with Crippen LogP contribution in [0.15, 0.2) is 36.9 Å². The summed E-state index contributed by atoms with van der Waals surface area (Å²) in [5.74, 6) is -0.831. The SMILES string of the molecule is C[C@@H](c1ccc(F)cc1)[C@@]1(n2cnc3c(N)ncnc32)O[C@H](CO)[C@@H](O)[C@H]1O. The molecule has 2 aromatic heterocycles. The molecule has 1 fully saturated rings. The third-order valence-corrected chi connectivity index (χ3v) is 5.38. The lowest BCUT2D eigenvalue weighted by atomic mass is 9.85. The molecule has 5 atom stereocenters. The number of aromatic nitrogens is 4. The molecule has 0 radical (unpaired) electrons. The lowest BCUT2D eigenvalue weighted by molar-refractivity contribution is -0.159. The van der Waals surface area contributed by atoms with Gasteiger partial charge in [0.1, 0.15) is 36.0 Å². The quantitative estimate of drug-likeness (QED) is 0.493. The molecular formula is C18H20FN5O4. The van der Waals surface area contributed by atoms with Crippen molar-refractivity contribution in [3.05, 3.63) is 48.3 Å². The molecule has 10 heteroatoms. The molecule has 0 spiro atoms. The van der Waals surface area contributed by atoms with E-state index in [4.69, 9.17) is 10.5 Å². The summed E-state index contributed by atoms with van der Waals surface area (Å²) in [7, 11) is 0. The molecular weight excluding hydrogens is 369 g/mol. The van der Waals surface area contributed by atoms with E-state index in [0.717, 1.165) is 0 Å². The minimum absolute atomic E-state index is 0.153. The Morgan fingerprint density at radius 3 is 2.61 bits per heavy atom. The first-order valence-corrected chi connectivity index (χ1v) is 8.74. The maximum absolute atomic E-state index is 13.4. The van der Waals surface area contributed by atoms with Crippen LogP contribution in [0.2, 0.25) is 0 Å². The molecule has 9 nitrogen and oxygen atoms in total. The summed E-state index contributed by atoms with van der Waals surface area (Å²) in [5.41, 5.74) is 5.56. The molecule has 1 aromatic carbocycles. The van der Waals surface area contributed by atoms with Crippen molar-refractivity contribution in [1.82, 2.24) is 19.5 Å². The third kappa shape index (κ3) is 2.57. The van der Waals surface area contributed by atoms with Crippen molar-refractivity contribution in [1.29, 1.82) is 0 Å². The van der Waals surface area contributed by atoms with Crippen molar-refractivity contribution in [2.75, 3.05) is 12.3 Å². The number of hydrogen-bond acceptors (Lipinski definition) is 8. The van der Waals surface area contributed by atoms with Crippen LogP contribution >= 0.6 is 0 Å². The maximum Gasteiger partial charge on any atom is 0.183 e. The summed E-state index contributed by atoms with van der Waals surface area (Å²) in [6, 6.07) is 5.73. The highest BCUT2D eigenvalue weighted by molar-refractivity contribution is 5.81. The lowest BCUT2D eigenvalue weighted by Crippen LogP contribution is -2.49. The number of benzene rings is 1. The molecule has 3 heterocycles. The van der Waals surface area contributed by atoms with Gasteiger partial charge in [0.2, 0.25) is 0 Å². The predicted molar refractivity (Wildman–Crippen MR) is 96.5 cm³/mol. The van der Waals surface area contributed by atoms with Crippen molar-refractivity contribution >= 4 is 17.0 Å². The van der Waals surface area contributed by atoms with Gasteiger partial charge in [0.15, 0.2) is 17.2 Å². The second-order valence-electron chi connectivity index (χ2n) is 6.85. The Morgan fingerprint density at radius 2 is 1.96 bits per heavy atom. The summed E-state index contributed by atoms with van der Waals surface area (Å²) in [6.45, 7) is 1.26. The summed E-state index contributed by atoms with van der Waals surface area (Å²) in [4.78, 5) is 12.3. The van der Waals surface area contributed by atoms with E-state index in [9.17, 15) is 19.7 Å². The van der Waals surface area contributed by atoms with Crippen LogP contribution in [0, 0.1) is 5.82 Å². The van der Waals surface area contributed by atoms with Gasteiger partial charge in [-0.1, -0.05) is 19.1 Å². The average Bonchev–Trinajstić information content (AvgIpc) is 3.24. The summed E-state index contributed by atoms with van der Waals surface area (Å²) in [5, 5.41) is 31.1. The molecule has 0 saturated carbocycles. The van der Waals surface area contributed by atoms with Crippen molar-refractivity contribution in [3.8, 4) is 0 Å². The Morgan fingerprint density at radius 1 is 1.25 bits per heavy atom. The Kier molecular flexibility index (Phi) is 4.50. The zero-order valence-corrected chi connectivity index (χ0v) is 15.0. The minimum Gasteiger partial charge on any atom is -0.394 e. The van der Waals surface area contributed by atoms with Gasteiger partial charge in [-0.15, -0.1) is 0 Å².